The van der Waals surface area contributed by atoms with Crippen LogP contribution in [0.2, 0.25) is 5.02 Å². The zero-order valence-electron chi connectivity index (χ0n) is 16.6. The Balaban J connectivity index is 2.40. The molecule has 0 amide bonds. The highest BCUT2D eigenvalue weighted by atomic mass is 35.5. The van der Waals surface area contributed by atoms with E-state index in [0.29, 0.717) is 0 Å². The summed E-state index contributed by atoms with van der Waals surface area (Å²) in [6, 6.07) is 0. The largest absolute Gasteiger partial charge is 0.391 e. The Kier molecular flexibility index (Phi) is 7.84. The zero-order chi connectivity index (χ0) is 23.5. The standard InChI is InChI=1S/C18H19Cl2F2N5O4/c1-4-5-23-15(20)12(21)8-26-10(3)25-14(13(19)17(26)28)9(2)6-11-7-24-27(16(11)22)18(29,30)31/h4-5,7-9,29-31H,6H2,1-3H3/b5-4+,12-8-,23-15-. The summed E-state index contributed by atoms with van der Waals surface area (Å²) in [5, 5.41) is 29.8. The van der Waals surface area contributed by atoms with Crippen LogP contribution in [0.25, 0.3) is 6.20 Å². The van der Waals surface area contributed by atoms with E-state index in [2.05, 4.69) is 15.1 Å². The molecule has 1 unspecified atom stereocenters. The number of aromatic nitrogens is 4. The van der Waals surface area contributed by atoms with Crippen molar-refractivity contribution < 1.29 is 24.1 Å². The fourth-order valence-corrected chi connectivity index (χ4v) is 3.05. The average molecular weight is 478 g/mol. The first-order valence-electron chi connectivity index (χ1n) is 8.79. The van der Waals surface area contributed by atoms with Gasteiger partial charge in [-0.15, -0.1) is 0 Å². The molecule has 2 aromatic rings. The minimum atomic E-state index is -3.51. The quantitative estimate of drug-likeness (QED) is 0.415. The van der Waals surface area contributed by atoms with Gasteiger partial charge in [-0.2, -0.15) is 14.2 Å². The van der Waals surface area contributed by atoms with Crippen LogP contribution in [-0.4, -0.2) is 39.8 Å². The number of nitrogens with zero attached hydrogens (tertiary/aromatic N) is 5. The van der Waals surface area contributed by atoms with E-state index in [1.165, 1.54) is 19.2 Å². The van der Waals surface area contributed by atoms with Gasteiger partial charge in [0.05, 0.1) is 18.1 Å². The lowest BCUT2D eigenvalue weighted by Crippen LogP contribution is -2.34. The van der Waals surface area contributed by atoms with E-state index < -0.39 is 34.5 Å². The van der Waals surface area contributed by atoms with Gasteiger partial charge in [-0.3, -0.25) is 9.36 Å². The van der Waals surface area contributed by atoms with Gasteiger partial charge in [-0.05, 0) is 20.3 Å². The van der Waals surface area contributed by atoms with Crippen molar-refractivity contribution in [3.63, 3.8) is 0 Å². The number of allylic oxidation sites excluding steroid dienone is 2. The number of halogens is 4. The SMILES string of the molecule is C/C=C/N=C(Cl)/C(F)=C/n1c(C)nc(C(C)Cc2cnn(C(O)(O)O)c2F)c(Cl)c1=O. The normalized spacial score (nSPS) is 14.5. The van der Waals surface area contributed by atoms with E-state index >= 15 is 0 Å². The van der Waals surface area contributed by atoms with E-state index in [0.717, 1.165) is 17.0 Å². The van der Waals surface area contributed by atoms with Gasteiger partial charge in [0.25, 0.3) is 5.56 Å². The number of aryl methyl sites for hydroxylation is 1. The van der Waals surface area contributed by atoms with Crippen molar-refractivity contribution in [1.82, 2.24) is 19.3 Å². The topological polar surface area (TPSA) is 126 Å². The van der Waals surface area contributed by atoms with Gasteiger partial charge < -0.3 is 15.3 Å². The molecule has 0 aliphatic carbocycles. The second-order valence-electron chi connectivity index (χ2n) is 6.49. The Labute approximate surface area is 185 Å². The lowest BCUT2D eigenvalue weighted by Gasteiger charge is -2.16. The predicted octanol–water partition coefficient (Wildman–Crippen LogP) is 2.37. The molecule has 1 atom stereocenters. The molecule has 0 saturated heterocycles. The molecular formula is C18H19Cl2F2N5O4. The van der Waals surface area contributed by atoms with Gasteiger partial charge in [0, 0.05) is 17.7 Å². The zero-order valence-corrected chi connectivity index (χ0v) is 18.1. The van der Waals surface area contributed by atoms with Crippen LogP contribution in [0.3, 0.4) is 0 Å². The minimum absolute atomic E-state index is 0.0279. The minimum Gasteiger partial charge on any atom is -0.324 e. The first-order valence-corrected chi connectivity index (χ1v) is 9.54. The third kappa shape index (κ3) is 5.63. The lowest BCUT2D eigenvalue weighted by atomic mass is 9.99. The summed E-state index contributed by atoms with van der Waals surface area (Å²) in [6.45, 7) is 4.69. The molecule has 0 aromatic carbocycles. The highest BCUT2D eigenvalue weighted by Gasteiger charge is 2.29. The van der Waals surface area contributed by atoms with Gasteiger partial charge in [0.2, 0.25) is 5.95 Å². The van der Waals surface area contributed by atoms with Crippen LogP contribution >= 0.6 is 23.2 Å². The van der Waals surface area contributed by atoms with Crippen molar-refractivity contribution in [2.24, 2.45) is 4.99 Å². The molecule has 2 heterocycles. The molecule has 13 heteroatoms. The van der Waals surface area contributed by atoms with E-state index in [9.17, 15) is 13.6 Å². The Morgan fingerprint density at radius 3 is 2.61 bits per heavy atom. The fourth-order valence-electron chi connectivity index (χ4n) is 2.63. The molecule has 2 aromatic heterocycles. The molecule has 0 spiro atoms. The van der Waals surface area contributed by atoms with Gasteiger partial charge >= 0.3 is 6.10 Å². The van der Waals surface area contributed by atoms with Crippen molar-refractivity contribution in [2.75, 3.05) is 0 Å². The second kappa shape index (κ2) is 9.79. The third-order valence-electron chi connectivity index (χ3n) is 4.10. The summed E-state index contributed by atoms with van der Waals surface area (Å²) in [5.41, 5.74) is -0.761. The summed E-state index contributed by atoms with van der Waals surface area (Å²) in [6.07, 6.45) is 0.992. The highest BCUT2D eigenvalue weighted by Crippen LogP contribution is 2.26. The Morgan fingerprint density at radius 1 is 1.42 bits per heavy atom. The van der Waals surface area contributed by atoms with Crippen molar-refractivity contribution in [3.8, 4) is 0 Å². The van der Waals surface area contributed by atoms with Crippen molar-refractivity contribution in [1.29, 1.82) is 0 Å². The maximum absolute atomic E-state index is 14.3. The number of hydrogen-bond donors (Lipinski definition) is 3. The molecule has 0 radical (unpaired) electrons. The first-order chi connectivity index (χ1) is 14.4. The summed E-state index contributed by atoms with van der Waals surface area (Å²) in [4.78, 5) is 20.5. The molecule has 168 valence electrons. The Hall–Kier alpha value is -2.44. The lowest BCUT2D eigenvalue weighted by molar-refractivity contribution is -0.384. The number of hydrogen-bond acceptors (Lipinski definition) is 7. The molecule has 0 bridgehead atoms. The van der Waals surface area contributed by atoms with Crippen LogP contribution in [0.1, 0.15) is 36.8 Å². The Morgan fingerprint density at radius 2 is 2.06 bits per heavy atom. The molecule has 0 fully saturated rings. The molecular weight excluding hydrogens is 459 g/mol. The summed E-state index contributed by atoms with van der Waals surface area (Å²) < 4.78 is 29.3. The molecule has 0 aliphatic heterocycles. The van der Waals surface area contributed by atoms with E-state index in [-0.39, 0.29) is 33.2 Å². The summed E-state index contributed by atoms with van der Waals surface area (Å²) >= 11 is 11.9. The summed E-state index contributed by atoms with van der Waals surface area (Å²) in [7, 11) is 0. The van der Waals surface area contributed by atoms with Crippen LogP contribution < -0.4 is 5.56 Å². The van der Waals surface area contributed by atoms with E-state index in [4.69, 9.17) is 38.5 Å². The van der Waals surface area contributed by atoms with Crippen LogP contribution in [0.4, 0.5) is 8.78 Å². The van der Waals surface area contributed by atoms with Crippen molar-refractivity contribution >= 4 is 34.6 Å². The van der Waals surface area contributed by atoms with Crippen LogP contribution in [0, 0.1) is 12.9 Å². The van der Waals surface area contributed by atoms with Gasteiger partial charge in [0.15, 0.2) is 11.0 Å². The molecule has 0 aliphatic rings. The monoisotopic (exact) mass is 477 g/mol. The molecule has 3 N–H and O–H groups in total. The first kappa shape index (κ1) is 24.8. The molecule has 0 saturated carbocycles. The molecule has 31 heavy (non-hydrogen) atoms. The van der Waals surface area contributed by atoms with Crippen molar-refractivity contribution in [3.05, 3.63) is 62.7 Å². The fraction of sp³-hybridized carbons (Fsp3) is 0.333. The smallest absolute Gasteiger partial charge is 0.324 e. The maximum Gasteiger partial charge on any atom is 0.391 e. The highest BCUT2D eigenvalue weighted by molar-refractivity contribution is 6.69. The number of aliphatic imine (C=N–C) groups is 1. The van der Waals surface area contributed by atoms with E-state index in [1.807, 2.05) is 0 Å². The summed E-state index contributed by atoms with van der Waals surface area (Å²) in [5.74, 6) is -2.72. The second-order valence-corrected chi connectivity index (χ2v) is 7.23. The third-order valence-corrected chi connectivity index (χ3v) is 4.73. The van der Waals surface area contributed by atoms with Crippen LogP contribution in [0.5, 0.6) is 0 Å². The van der Waals surface area contributed by atoms with Crippen molar-refractivity contribution in [2.45, 2.75) is 39.2 Å². The number of aliphatic hydroxyl groups is 3. The van der Waals surface area contributed by atoms with Gasteiger partial charge in [-0.25, -0.2) is 14.4 Å². The van der Waals surface area contributed by atoms with E-state index in [1.54, 1.807) is 13.8 Å². The van der Waals surface area contributed by atoms with Crippen LogP contribution in [-0.2, 0) is 12.5 Å². The van der Waals surface area contributed by atoms with Gasteiger partial charge in [0.1, 0.15) is 10.8 Å². The number of rotatable bonds is 7. The van der Waals surface area contributed by atoms with Crippen LogP contribution in [0.15, 0.2) is 34.1 Å². The van der Waals surface area contributed by atoms with Gasteiger partial charge in [-0.1, -0.05) is 36.2 Å². The molecule has 9 nitrogen and oxygen atoms in total. The maximum atomic E-state index is 14.3. The Bertz CT molecular complexity index is 1120. The average Bonchev–Trinajstić information content (AvgIpc) is 3.06. The predicted molar refractivity (Wildman–Crippen MR) is 111 cm³/mol. The molecule has 2 rings (SSSR count).